The van der Waals surface area contributed by atoms with Crippen molar-refractivity contribution < 1.29 is 26.3 Å². The number of aromatic nitrogens is 2. The van der Waals surface area contributed by atoms with Gasteiger partial charge in [-0.05, 0) is 49.6 Å². The second kappa shape index (κ2) is 5.50. The maximum absolute atomic E-state index is 12.9. The Hall–Kier alpha value is -2.12. The fraction of sp³-hybridized carbons (Fsp3) is 0.333. The van der Waals surface area contributed by atoms with E-state index in [0.717, 1.165) is 12.1 Å². The Kier molecular flexibility index (Phi) is 4.13. The number of pyridine rings is 2. The van der Waals surface area contributed by atoms with E-state index in [0.29, 0.717) is 11.1 Å². The molecule has 0 aromatic carbocycles. The molecule has 0 saturated carbocycles. The molecular formula is C15H12F6N2. The lowest BCUT2D eigenvalue weighted by molar-refractivity contribution is -0.142. The molecule has 124 valence electrons. The van der Waals surface area contributed by atoms with E-state index in [2.05, 4.69) is 9.97 Å². The lowest BCUT2D eigenvalue weighted by Gasteiger charge is -2.15. The maximum atomic E-state index is 12.9. The third kappa shape index (κ3) is 3.46. The molecule has 2 heterocycles. The molecule has 0 N–H and O–H groups in total. The van der Waals surface area contributed by atoms with Gasteiger partial charge in [0.2, 0.25) is 0 Å². The summed E-state index contributed by atoms with van der Waals surface area (Å²) in [7, 11) is 0. The second-order valence-corrected chi connectivity index (χ2v) is 5.16. The first kappa shape index (κ1) is 17.2. The zero-order valence-electron chi connectivity index (χ0n) is 12.4. The lowest BCUT2D eigenvalue weighted by Crippen LogP contribution is -2.13. The fourth-order valence-corrected chi connectivity index (χ4v) is 2.04. The number of rotatable bonds is 1. The van der Waals surface area contributed by atoms with Gasteiger partial charge < -0.3 is 0 Å². The summed E-state index contributed by atoms with van der Waals surface area (Å²) in [4.78, 5) is 6.99. The zero-order chi connectivity index (χ0) is 17.6. The van der Waals surface area contributed by atoms with Crippen molar-refractivity contribution in [2.75, 3.05) is 0 Å². The van der Waals surface area contributed by atoms with Crippen molar-refractivity contribution in [3.8, 4) is 11.4 Å². The van der Waals surface area contributed by atoms with Crippen molar-refractivity contribution in [1.29, 1.82) is 0 Å². The van der Waals surface area contributed by atoms with E-state index in [9.17, 15) is 26.3 Å². The number of nitrogens with zero attached hydrogens (tertiary/aromatic N) is 2. The molecule has 2 aromatic rings. The van der Waals surface area contributed by atoms with Crippen molar-refractivity contribution in [1.82, 2.24) is 9.97 Å². The van der Waals surface area contributed by atoms with Gasteiger partial charge in [0, 0.05) is 0 Å². The quantitative estimate of drug-likeness (QED) is 0.678. The third-order valence-corrected chi connectivity index (χ3v) is 3.43. The van der Waals surface area contributed by atoms with Gasteiger partial charge in [0.15, 0.2) is 0 Å². The summed E-state index contributed by atoms with van der Waals surface area (Å²) in [5.74, 6) is 0. The highest BCUT2D eigenvalue weighted by Gasteiger charge is 2.35. The Morgan fingerprint density at radius 3 is 1.74 bits per heavy atom. The van der Waals surface area contributed by atoms with E-state index in [4.69, 9.17) is 0 Å². The number of hydrogen-bond donors (Lipinski definition) is 0. The van der Waals surface area contributed by atoms with Crippen LogP contribution in [0.15, 0.2) is 18.2 Å². The Morgan fingerprint density at radius 1 is 0.696 bits per heavy atom. The summed E-state index contributed by atoms with van der Waals surface area (Å²) in [5.41, 5.74) is -1.78. The molecule has 8 heteroatoms. The molecule has 0 unspecified atom stereocenters. The monoisotopic (exact) mass is 334 g/mol. The van der Waals surface area contributed by atoms with Gasteiger partial charge in [0.05, 0.1) is 11.4 Å². The van der Waals surface area contributed by atoms with Crippen LogP contribution in [0.4, 0.5) is 26.3 Å². The molecule has 0 saturated heterocycles. The predicted molar refractivity (Wildman–Crippen MR) is 71.7 cm³/mol. The first-order chi connectivity index (χ1) is 10.4. The Balaban J connectivity index is 2.74. The molecule has 0 amide bonds. The largest absolute Gasteiger partial charge is 0.433 e. The van der Waals surface area contributed by atoms with Crippen LogP contribution in [-0.2, 0) is 12.4 Å². The van der Waals surface area contributed by atoms with Crippen molar-refractivity contribution in [3.05, 3.63) is 46.3 Å². The molecule has 0 aliphatic rings. The molecule has 0 atom stereocenters. The van der Waals surface area contributed by atoms with Gasteiger partial charge in [0.1, 0.15) is 11.4 Å². The Morgan fingerprint density at radius 2 is 1.22 bits per heavy atom. The van der Waals surface area contributed by atoms with Gasteiger partial charge in [-0.15, -0.1) is 0 Å². The van der Waals surface area contributed by atoms with Crippen molar-refractivity contribution in [3.63, 3.8) is 0 Å². The van der Waals surface area contributed by atoms with Gasteiger partial charge >= 0.3 is 12.4 Å². The minimum atomic E-state index is -4.69. The van der Waals surface area contributed by atoms with E-state index in [-0.39, 0.29) is 17.0 Å². The van der Waals surface area contributed by atoms with Gasteiger partial charge in [-0.2, -0.15) is 26.3 Å². The van der Waals surface area contributed by atoms with E-state index in [1.807, 2.05) is 0 Å². The first-order valence-electron chi connectivity index (χ1n) is 6.52. The van der Waals surface area contributed by atoms with Crippen LogP contribution in [0, 0.1) is 20.8 Å². The van der Waals surface area contributed by atoms with E-state index in [1.54, 1.807) is 0 Å². The van der Waals surface area contributed by atoms with Crippen molar-refractivity contribution in [2.45, 2.75) is 33.1 Å². The molecule has 23 heavy (non-hydrogen) atoms. The average molecular weight is 334 g/mol. The topological polar surface area (TPSA) is 25.8 Å². The summed E-state index contributed by atoms with van der Waals surface area (Å²) in [5, 5.41) is 0. The van der Waals surface area contributed by atoms with Crippen LogP contribution >= 0.6 is 0 Å². The molecule has 0 aliphatic heterocycles. The molecule has 2 aromatic heterocycles. The standard InChI is InChI=1S/C15H12F6N2/c1-7-4-5-10(14(16,17)18)22-12(7)13-9(3)8(2)6-11(23-13)15(19,20)21/h4-6H,1-3H3. The maximum Gasteiger partial charge on any atom is 0.433 e. The van der Waals surface area contributed by atoms with Crippen LogP contribution in [0.5, 0.6) is 0 Å². The summed E-state index contributed by atoms with van der Waals surface area (Å²) < 4.78 is 77.1. The van der Waals surface area contributed by atoms with Crippen LogP contribution in [-0.4, -0.2) is 9.97 Å². The predicted octanol–water partition coefficient (Wildman–Crippen LogP) is 5.11. The molecule has 0 bridgehead atoms. The average Bonchev–Trinajstić information content (AvgIpc) is 2.40. The smallest absolute Gasteiger partial charge is 0.241 e. The third-order valence-electron chi connectivity index (χ3n) is 3.43. The van der Waals surface area contributed by atoms with Crippen LogP contribution in [0.2, 0.25) is 0 Å². The molecule has 2 nitrogen and oxygen atoms in total. The van der Waals surface area contributed by atoms with Gasteiger partial charge in [-0.25, -0.2) is 9.97 Å². The van der Waals surface area contributed by atoms with Crippen LogP contribution in [0.1, 0.15) is 28.1 Å². The fourth-order valence-electron chi connectivity index (χ4n) is 2.04. The number of hydrogen-bond acceptors (Lipinski definition) is 2. The number of halogens is 6. The van der Waals surface area contributed by atoms with Gasteiger partial charge in [0.25, 0.3) is 0 Å². The second-order valence-electron chi connectivity index (χ2n) is 5.16. The Labute approximate surface area is 128 Å². The highest BCUT2D eigenvalue weighted by Crippen LogP contribution is 2.35. The molecule has 0 radical (unpaired) electrons. The highest BCUT2D eigenvalue weighted by atomic mass is 19.4. The highest BCUT2D eigenvalue weighted by molar-refractivity contribution is 5.64. The first-order valence-corrected chi connectivity index (χ1v) is 6.52. The normalized spacial score (nSPS) is 12.6. The van der Waals surface area contributed by atoms with Gasteiger partial charge in [-0.1, -0.05) is 6.07 Å². The Bertz CT molecular complexity index is 747. The summed E-state index contributed by atoms with van der Waals surface area (Å²) in [6.07, 6.45) is -9.38. The summed E-state index contributed by atoms with van der Waals surface area (Å²) in [6.45, 7) is 4.41. The minimum Gasteiger partial charge on any atom is -0.241 e. The SMILES string of the molecule is Cc1ccc(C(F)(F)F)nc1-c1nc(C(F)(F)F)cc(C)c1C. The molecule has 2 rings (SSSR count). The lowest BCUT2D eigenvalue weighted by atomic mass is 10.0. The molecule has 0 fully saturated rings. The van der Waals surface area contributed by atoms with E-state index >= 15 is 0 Å². The molecule has 0 spiro atoms. The van der Waals surface area contributed by atoms with Crippen molar-refractivity contribution >= 4 is 0 Å². The molecule has 0 aliphatic carbocycles. The number of alkyl halides is 6. The van der Waals surface area contributed by atoms with Crippen molar-refractivity contribution in [2.24, 2.45) is 0 Å². The summed E-state index contributed by atoms with van der Waals surface area (Å²) >= 11 is 0. The molecular weight excluding hydrogens is 322 g/mol. The van der Waals surface area contributed by atoms with Crippen LogP contribution < -0.4 is 0 Å². The van der Waals surface area contributed by atoms with E-state index < -0.39 is 23.7 Å². The zero-order valence-corrected chi connectivity index (χ0v) is 12.4. The van der Waals surface area contributed by atoms with Crippen LogP contribution in [0.25, 0.3) is 11.4 Å². The van der Waals surface area contributed by atoms with Gasteiger partial charge in [-0.3, -0.25) is 0 Å². The minimum absolute atomic E-state index is 0.194. The van der Waals surface area contributed by atoms with E-state index in [1.165, 1.54) is 26.8 Å². The summed E-state index contributed by atoms with van der Waals surface area (Å²) in [6, 6.07) is 2.82. The number of aryl methyl sites for hydroxylation is 2. The van der Waals surface area contributed by atoms with Crippen LogP contribution in [0.3, 0.4) is 0 Å².